The summed E-state index contributed by atoms with van der Waals surface area (Å²) in [5.74, 6) is -0.121. The molecular weight excluding hydrogens is 295 g/mol. The van der Waals surface area contributed by atoms with E-state index in [1.165, 1.54) is 6.07 Å². The fourth-order valence-electron chi connectivity index (χ4n) is 2.17. The number of hydrogen-bond acceptors (Lipinski definition) is 4. The number of aliphatic hydroxyl groups is 1. The summed E-state index contributed by atoms with van der Waals surface area (Å²) in [5.41, 5.74) is 0.452. The molecule has 0 aliphatic carbocycles. The fourth-order valence-corrected chi connectivity index (χ4v) is 3.79. The minimum Gasteiger partial charge on any atom is -0.382 e. The summed E-state index contributed by atoms with van der Waals surface area (Å²) >= 11 is 0. The van der Waals surface area contributed by atoms with Crippen molar-refractivity contribution in [1.29, 1.82) is 0 Å². The Bertz CT molecular complexity index is 586. The van der Waals surface area contributed by atoms with Crippen molar-refractivity contribution < 1.29 is 26.7 Å². The Hall–Kier alpha value is -1.12. The van der Waals surface area contributed by atoms with Gasteiger partial charge in [0.1, 0.15) is 0 Å². The van der Waals surface area contributed by atoms with Crippen LogP contribution in [0.2, 0.25) is 0 Å². The zero-order valence-corrected chi connectivity index (χ0v) is 11.2. The highest BCUT2D eigenvalue weighted by molar-refractivity contribution is 7.91. The standard InChI is InChI=1S/C12H14F3NO3S/c13-12(14,15)11(17)7-16-9-5-6-20(18,19)10-4-2-1-3-8(9)10/h1-4,9,11,16-17H,5-7H2. The quantitative estimate of drug-likeness (QED) is 0.886. The molecule has 2 atom stereocenters. The average molecular weight is 309 g/mol. The second-order valence-electron chi connectivity index (χ2n) is 4.66. The maximum atomic E-state index is 12.2. The molecule has 4 nitrogen and oxygen atoms in total. The van der Waals surface area contributed by atoms with E-state index in [0.29, 0.717) is 5.56 Å². The van der Waals surface area contributed by atoms with Gasteiger partial charge in [0.15, 0.2) is 15.9 Å². The summed E-state index contributed by atoms with van der Waals surface area (Å²) in [6.45, 7) is -0.664. The zero-order valence-electron chi connectivity index (χ0n) is 10.4. The van der Waals surface area contributed by atoms with E-state index in [1.807, 2.05) is 0 Å². The van der Waals surface area contributed by atoms with Crippen molar-refractivity contribution in [2.45, 2.75) is 29.6 Å². The highest BCUT2D eigenvalue weighted by Gasteiger charge is 2.39. The minimum atomic E-state index is -4.69. The summed E-state index contributed by atoms with van der Waals surface area (Å²) in [4.78, 5) is 0.144. The van der Waals surface area contributed by atoms with Gasteiger partial charge in [-0.15, -0.1) is 0 Å². The van der Waals surface area contributed by atoms with Crippen LogP contribution in [0.1, 0.15) is 18.0 Å². The van der Waals surface area contributed by atoms with Crippen LogP contribution in [0.15, 0.2) is 29.2 Å². The van der Waals surface area contributed by atoms with Crippen LogP contribution in [0.3, 0.4) is 0 Å². The van der Waals surface area contributed by atoms with Crippen molar-refractivity contribution in [3.63, 3.8) is 0 Å². The van der Waals surface area contributed by atoms with Gasteiger partial charge in [-0.2, -0.15) is 13.2 Å². The largest absolute Gasteiger partial charge is 0.415 e. The summed E-state index contributed by atoms with van der Waals surface area (Å²) < 4.78 is 60.4. The predicted molar refractivity (Wildman–Crippen MR) is 65.9 cm³/mol. The van der Waals surface area contributed by atoms with Crippen molar-refractivity contribution in [2.75, 3.05) is 12.3 Å². The first kappa shape index (κ1) is 15.3. The van der Waals surface area contributed by atoms with Crippen LogP contribution in [0.5, 0.6) is 0 Å². The second kappa shape index (κ2) is 5.34. The molecule has 8 heteroatoms. The summed E-state index contributed by atoms with van der Waals surface area (Å²) in [6.07, 6.45) is -6.97. The van der Waals surface area contributed by atoms with E-state index in [9.17, 15) is 21.6 Å². The number of hydrogen-bond donors (Lipinski definition) is 2. The predicted octanol–water partition coefficient (Wildman–Crippen LogP) is 1.42. The number of rotatable bonds is 3. The molecule has 0 spiro atoms. The Labute approximate surface area is 114 Å². The van der Waals surface area contributed by atoms with Crippen LogP contribution in [-0.4, -0.2) is 38.1 Å². The molecule has 112 valence electrons. The molecule has 0 aromatic heterocycles. The molecule has 2 rings (SSSR count). The van der Waals surface area contributed by atoms with Gasteiger partial charge in [0.05, 0.1) is 10.6 Å². The molecule has 0 fully saturated rings. The SMILES string of the molecule is O=S1(=O)CCC(NCC(O)C(F)(F)F)c2ccccc21. The Balaban J connectivity index is 2.16. The number of nitrogens with one attached hydrogen (secondary N) is 1. The maximum Gasteiger partial charge on any atom is 0.415 e. The number of benzene rings is 1. The number of sulfone groups is 1. The second-order valence-corrected chi connectivity index (χ2v) is 6.74. The fraction of sp³-hybridized carbons (Fsp3) is 0.500. The summed E-state index contributed by atoms with van der Waals surface area (Å²) in [7, 11) is -3.37. The number of aliphatic hydroxyl groups excluding tert-OH is 1. The van der Waals surface area contributed by atoms with E-state index < -0.39 is 34.7 Å². The normalized spacial score (nSPS) is 23.1. The first-order valence-corrected chi connectivity index (χ1v) is 7.67. The Kier molecular flexibility index (Phi) is 4.08. The summed E-state index contributed by atoms with van der Waals surface area (Å²) in [5, 5.41) is 11.5. The van der Waals surface area contributed by atoms with Crippen molar-refractivity contribution in [3.8, 4) is 0 Å². The number of halogens is 3. The molecule has 2 N–H and O–H groups in total. The van der Waals surface area contributed by atoms with Gasteiger partial charge >= 0.3 is 6.18 Å². The lowest BCUT2D eigenvalue weighted by molar-refractivity contribution is -0.202. The molecule has 1 aromatic rings. The lowest BCUT2D eigenvalue weighted by atomic mass is 10.0. The summed E-state index contributed by atoms with van der Waals surface area (Å²) in [6, 6.07) is 5.71. The number of alkyl halides is 3. The molecule has 0 bridgehead atoms. The molecule has 0 saturated carbocycles. The first-order valence-electron chi connectivity index (χ1n) is 6.01. The monoisotopic (exact) mass is 309 g/mol. The van der Waals surface area contributed by atoms with Gasteiger partial charge in [0.2, 0.25) is 0 Å². The van der Waals surface area contributed by atoms with Gasteiger partial charge in [-0.1, -0.05) is 18.2 Å². The van der Waals surface area contributed by atoms with E-state index in [1.54, 1.807) is 18.2 Å². The molecule has 1 heterocycles. The van der Waals surface area contributed by atoms with E-state index in [4.69, 9.17) is 5.11 Å². The molecule has 20 heavy (non-hydrogen) atoms. The smallest absolute Gasteiger partial charge is 0.382 e. The highest BCUT2D eigenvalue weighted by atomic mass is 32.2. The lowest BCUT2D eigenvalue weighted by Crippen LogP contribution is -2.41. The topological polar surface area (TPSA) is 66.4 Å². The maximum absolute atomic E-state index is 12.2. The third kappa shape index (κ3) is 3.13. The van der Waals surface area contributed by atoms with Gasteiger partial charge in [0, 0.05) is 12.6 Å². The van der Waals surface area contributed by atoms with Crippen molar-refractivity contribution in [2.24, 2.45) is 0 Å². The van der Waals surface area contributed by atoms with Crippen LogP contribution in [0, 0.1) is 0 Å². The van der Waals surface area contributed by atoms with Gasteiger partial charge in [-0.3, -0.25) is 0 Å². The van der Waals surface area contributed by atoms with Crippen molar-refractivity contribution in [1.82, 2.24) is 5.32 Å². The van der Waals surface area contributed by atoms with E-state index in [-0.39, 0.29) is 17.1 Å². The molecule has 1 aliphatic rings. The van der Waals surface area contributed by atoms with Crippen molar-refractivity contribution >= 4 is 9.84 Å². The average Bonchev–Trinajstić information content (AvgIpc) is 2.36. The van der Waals surface area contributed by atoms with Crippen LogP contribution in [0.4, 0.5) is 13.2 Å². The molecule has 2 unspecified atom stereocenters. The Morgan fingerprint density at radius 1 is 1.35 bits per heavy atom. The Morgan fingerprint density at radius 3 is 2.65 bits per heavy atom. The molecule has 0 amide bonds. The molecular formula is C12H14F3NO3S. The Morgan fingerprint density at radius 2 is 2.00 bits per heavy atom. The lowest BCUT2D eigenvalue weighted by Gasteiger charge is -2.27. The van der Waals surface area contributed by atoms with Crippen LogP contribution in [-0.2, 0) is 9.84 Å². The molecule has 0 saturated heterocycles. The van der Waals surface area contributed by atoms with E-state index in [2.05, 4.69) is 5.32 Å². The van der Waals surface area contributed by atoms with Crippen molar-refractivity contribution in [3.05, 3.63) is 29.8 Å². The third-order valence-electron chi connectivity index (χ3n) is 3.24. The third-order valence-corrected chi connectivity index (χ3v) is 5.06. The van der Waals surface area contributed by atoms with Crippen LogP contribution >= 0.6 is 0 Å². The van der Waals surface area contributed by atoms with Crippen LogP contribution < -0.4 is 5.32 Å². The van der Waals surface area contributed by atoms with Gasteiger partial charge in [-0.05, 0) is 18.1 Å². The van der Waals surface area contributed by atoms with Gasteiger partial charge < -0.3 is 10.4 Å². The number of fused-ring (bicyclic) bond motifs is 1. The minimum absolute atomic E-state index is 0.121. The zero-order chi connectivity index (χ0) is 15.0. The molecule has 1 aromatic carbocycles. The molecule has 0 radical (unpaired) electrons. The molecule has 1 aliphatic heterocycles. The highest BCUT2D eigenvalue weighted by Crippen LogP contribution is 2.32. The first-order chi connectivity index (χ1) is 9.22. The van der Waals surface area contributed by atoms with Crippen LogP contribution in [0.25, 0.3) is 0 Å². The van der Waals surface area contributed by atoms with E-state index >= 15 is 0 Å². The van der Waals surface area contributed by atoms with Gasteiger partial charge in [-0.25, -0.2) is 8.42 Å². The van der Waals surface area contributed by atoms with Gasteiger partial charge in [0.25, 0.3) is 0 Å². The van der Waals surface area contributed by atoms with E-state index in [0.717, 1.165) is 0 Å².